The van der Waals surface area contributed by atoms with Crippen molar-refractivity contribution in [2.24, 2.45) is 0 Å². The van der Waals surface area contributed by atoms with Crippen molar-refractivity contribution in [3.63, 3.8) is 0 Å². The molecule has 6 aromatic rings. The Morgan fingerprint density at radius 1 is 0.378 bits per heavy atom. The molecule has 174 valence electrons. The first-order valence-electron chi connectivity index (χ1n) is 12.7. The van der Waals surface area contributed by atoms with Crippen molar-refractivity contribution in [2.45, 2.75) is 6.92 Å². The zero-order valence-electron chi connectivity index (χ0n) is 20.6. The summed E-state index contributed by atoms with van der Waals surface area (Å²) in [5.74, 6) is 0. The SMILES string of the molecule is Cc1cnc(-c2ccccc2)cc1-c1ccc2c(c1)-c1ccccc1-c1ccccc1-c1ccccc1-2. The number of hydrogen-bond acceptors (Lipinski definition) is 1. The molecule has 1 heterocycles. The lowest BCUT2D eigenvalue weighted by Crippen LogP contribution is -1.97. The summed E-state index contributed by atoms with van der Waals surface area (Å²) >= 11 is 0. The molecule has 0 atom stereocenters. The Labute approximate surface area is 217 Å². The first-order valence-corrected chi connectivity index (χ1v) is 12.7. The highest BCUT2D eigenvalue weighted by atomic mass is 14.7. The molecule has 1 aliphatic carbocycles. The topological polar surface area (TPSA) is 12.9 Å². The van der Waals surface area contributed by atoms with Crippen LogP contribution >= 0.6 is 0 Å². The van der Waals surface area contributed by atoms with Crippen LogP contribution in [0.4, 0.5) is 0 Å². The van der Waals surface area contributed by atoms with Crippen LogP contribution in [0.1, 0.15) is 5.56 Å². The number of hydrogen-bond donors (Lipinski definition) is 0. The van der Waals surface area contributed by atoms with Gasteiger partial charge in [-0.3, -0.25) is 4.98 Å². The number of fused-ring (bicyclic) bond motifs is 8. The summed E-state index contributed by atoms with van der Waals surface area (Å²) in [5, 5.41) is 0. The standard InChI is InChI=1S/C36H25N/c1-24-23-37-36(25-11-3-2-4-12-25)22-34(24)26-19-20-33-31-17-8-7-15-29(31)27-13-5-6-14-28(27)30-16-9-10-18-32(30)35(33)21-26/h2-23H,1H3. The van der Waals surface area contributed by atoms with Crippen molar-refractivity contribution < 1.29 is 0 Å². The Morgan fingerprint density at radius 2 is 0.838 bits per heavy atom. The molecule has 0 radical (unpaired) electrons. The molecule has 7 rings (SSSR count). The van der Waals surface area contributed by atoms with Gasteiger partial charge in [0, 0.05) is 11.8 Å². The Morgan fingerprint density at radius 3 is 1.38 bits per heavy atom. The predicted octanol–water partition coefficient (Wildman–Crippen LogP) is 9.71. The molecule has 0 bridgehead atoms. The molecule has 1 heteroatoms. The van der Waals surface area contributed by atoms with Crippen LogP contribution in [-0.4, -0.2) is 4.98 Å². The minimum atomic E-state index is 0.993. The van der Waals surface area contributed by atoms with Gasteiger partial charge in [0.15, 0.2) is 0 Å². The van der Waals surface area contributed by atoms with Gasteiger partial charge in [-0.15, -0.1) is 0 Å². The quantitative estimate of drug-likeness (QED) is 0.244. The van der Waals surface area contributed by atoms with Crippen molar-refractivity contribution in [3.05, 3.63) is 139 Å². The molecule has 5 aromatic carbocycles. The summed E-state index contributed by atoms with van der Waals surface area (Å²) in [7, 11) is 0. The molecular weight excluding hydrogens is 446 g/mol. The summed E-state index contributed by atoms with van der Waals surface area (Å²) in [5.41, 5.74) is 15.8. The Hall–Kier alpha value is -4.75. The lowest BCUT2D eigenvalue weighted by atomic mass is 9.80. The third-order valence-electron chi connectivity index (χ3n) is 7.45. The van der Waals surface area contributed by atoms with E-state index in [2.05, 4.69) is 128 Å². The average Bonchev–Trinajstić information content (AvgIpc) is 2.97. The Balaban J connectivity index is 1.50. The van der Waals surface area contributed by atoms with Gasteiger partial charge in [0.25, 0.3) is 0 Å². The number of rotatable bonds is 2. The van der Waals surface area contributed by atoms with E-state index in [1.807, 2.05) is 12.3 Å². The first kappa shape index (κ1) is 21.5. The minimum absolute atomic E-state index is 0.993. The number of pyridine rings is 1. The average molecular weight is 472 g/mol. The number of nitrogens with zero attached hydrogens (tertiary/aromatic N) is 1. The van der Waals surface area contributed by atoms with Crippen molar-refractivity contribution in [1.29, 1.82) is 0 Å². The molecule has 0 unspecified atom stereocenters. The van der Waals surface area contributed by atoms with E-state index in [1.54, 1.807) is 0 Å². The van der Waals surface area contributed by atoms with Gasteiger partial charge < -0.3 is 0 Å². The lowest BCUT2D eigenvalue weighted by molar-refractivity contribution is 1.27. The van der Waals surface area contributed by atoms with Gasteiger partial charge in [0.2, 0.25) is 0 Å². The molecule has 1 aromatic heterocycles. The van der Waals surface area contributed by atoms with Gasteiger partial charge in [0.05, 0.1) is 5.69 Å². The molecule has 0 spiro atoms. The second-order valence-electron chi connectivity index (χ2n) is 9.65. The lowest BCUT2D eigenvalue weighted by Gasteiger charge is -2.23. The van der Waals surface area contributed by atoms with Crippen LogP contribution in [0.3, 0.4) is 0 Å². The summed E-state index contributed by atoms with van der Waals surface area (Å²) in [6.07, 6.45) is 1.99. The minimum Gasteiger partial charge on any atom is -0.256 e. The van der Waals surface area contributed by atoms with E-state index in [0.29, 0.717) is 0 Å². The summed E-state index contributed by atoms with van der Waals surface area (Å²) in [6, 6.07) is 45.9. The number of aryl methyl sites for hydroxylation is 1. The van der Waals surface area contributed by atoms with Gasteiger partial charge in [-0.2, -0.15) is 0 Å². The normalized spacial score (nSPS) is 11.4. The van der Waals surface area contributed by atoms with Gasteiger partial charge in [-0.05, 0) is 80.3 Å². The third-order valence-corrected chi connectivity index (χ3v) is 7.45. The van der Waals surface area contributed by atoms with Crippen LogP contribution in [0, 0.1) is 6.92 Å². The molecule has 0 saturated heterocycles. The van der Waals surface area contributed by atoms with Crippen LogP contribution in [0.15, 0.2) is 134 Å². The fraction of sp³-hybridized carbons (Fsp3) is 0.0278. The first-order chi connectivity index (χ1) is 18.3. The van der Waals surface area contributed by atoms with Crippen molar-refractivity contribution in [1.82, 2.24) is 4.98 Å². The highest BCUT2D eigenvalue weighted by Gasteiger charge is 2.22. The second-order valence-corrected chi connectivity index (χ2v) is 9.65. The highest BCUT2D eigenvalue weighted by Crippen LogP contribution is 2.48. The van der Waals surface area contributed by atoms with Gasteiger partial charge >= 0.3 is 0 Å². The fourth-order valence-electron chi connectivity index (χ4n) is 5.63. The van der Waals surface area contributed by atoms with Gasteiger partial charge in [0.1, 0.15) is 0 Å². The predicted molar refractivity (Wildman–Crippen MR) is 155 cm³/mol. The van der Waals surface area contributed by atoms with Crippen molar-refractivity contribution >= 4 is 0 Å². The van der Waals surface area contributed by atoms with Gasteiger partial charge in [-0.1, -0.05) is 115 Å². The van der Waals surface area contributed by atoms with Crippen LogP contribution < -0.4 is 0 Å². The largest absolute Gasteiger partial charge is 0.256 e. The molecule has 0 aliphatic heterocycles. The third kappa shape index (κ3) is 3.59. The van der Waals surface area contributed by atoms with Crippen molar-refractivity contribution in [2.75, 3.05) is 0 Å². The van der Waals surface area contributed by atoms with Crippen LogP contribution in [0.5, 0.6) is 0 Å². The fourth-order valence-corrected chi connectivity index (χ4v) is 5.63. The summed E-state index contributed by atoms with van der Waals surface area (Å²) in [4.78, 5) is 4.74. The molecule has 0 amide bonds. The van der Waals surface area contributed by atoms with Crippen LogP contribution in [0.2, 0.25) is 0 Å². The van der Waals surface area contributed by atoms with Gasteiger partial charge in [-0.25, -0.2) is 0 Å². The molecular formula is C36H25N. The smallest absolute Gasteiger partial charge is 0.0708 e. The maximum absolute atomic E-state index is 4.74. The van der Waals surface area contributed by atoms with Crippen LogP contribution in [0.25, 0.3) is 66.9 Å². The van der Waals surface area contributed by atoms with E-state index in [4.69, 9.17) is 4.98 Å². The highest BCUT2D eigenvalue weighted by molar-refractivity contribution is 6.03. The molecule has 0 N–H and O–H groups in total. The van der Waals surface area contributed by atoms with E-state index in [-0.39, 0.29) is 0 Å². The van der Waals surface area contributed by atoms with E-state index in [9.17, 15) is 0 Å². The second kappa shape index (κ2) is 8.72. The monoisotopic (exact) mass is 471 g/mol. The maximum Gasteiger partial charge on any atom is 0.0708 e. The molecule has 1 nitrogen and oxygen atoms in total. The van der Waals surface area contributed by atoms with Crippen molar-refractivity contribution in [3.8, 4) is 66.9 Å². The zero-order chi connectivity index (χ0) is 24.8. The number of benzene rings is 5. The molecule has 37 heavy (non-hydrogen) atoms. The van der Waals surface area contributed by atoms with E-state index in [1.165, 1.54) is 61.2 Å². The summed E-state index contributed by atoms with van der Waals surface area (Å²) in [6.45, 7) is 2.15. The van der Waals surface area contributed by atoms with E-state index < -0.39 is 0 Å². The Kier molecular flexibility index (Phi) is 5.08. The zero-order valence-corrected chi connectivity index (χ0v) is 20.6. The molecule has 1 aliphatic rings. The Bertz CT molecular complexity index is 1770. The number of aromatic nitrogens is 1. The summed E-state index contributed by atoms with van der Waals surface area (Å²) < 4.78 is 0. The molecule has 0 fully saturated rings. The molecule has 0 saturated carbocycles. The van der Waals surface area contributed by atoms with E-state index in [0.717, 1.165) is 11.3 Å². The van der Waals surface area contributed by atoms with Crippen LogP contribution in [-0.2, 0) is 0 Å². The van der Waals surface area contributed by atoms with E-state index >= 15 is 0 Å². The maximum atomic E-state index is 4.74.